The molecule has 0 aliphatic heterocycles. The predicted molar refractivity (Wildman–Crippen MR) is 77.8 cm³/mol. The van der Waals surface area contributed by atoms with E-state index in [-0.39, 0.29) is 4.75 Å². The molecule has 1 aromatic rings. The molecule has 0 aromatic heterocycles. The molecule has 100 valence electrons. The van der Waals surface area contributed by atoms with Gasteiger partial charge in [0.2, 0.25) is 0 Å². The van der Waals surface area contributed by atoms with Crippen molar-refractivity contribution in [3.05, 3.63) is 28.7 Å². The molecule has 1 fully saturated rings. The van der Waals surface area contributed by atoms with Crippen molar-refractivity contribution in [2.24, 2.45) is 5.73 Å². The molecular formula is C13H18BrNO2S. The molecule has 1 aliphatic carbocycles. The van der Waals surface area contributed by atoms with Crippen LogP contribution in [0.4, 0.5) is 0 Å². The van der Waals surface area contributed by atoms with E-state index in [2.05, 4.69) is 28.1 Å². The molecule has 5 heteroatoms. The van der Waals surface area contributed by atoms with Gasteiger partial charge in [0.15, 0.2) is 5.79 Å². The highest BCUT2D eigenvalue weighted by Gasteiger charge is 2.55. The number of halogens is 1. The number of hydrogen-bond acceptors (Lipinski definition) is 4. The molecule has 0 unspecified atom stereocenters. The van der Waals surface area contributed by atoms with Gasteiger partial charge in [-0.15, -0.1) is 11.8 Å². The molecule has 1 saturated carbocycles. The fraction of sp³-hybridized carbons (Fsp3) is 0.538. The molecule has 18 heavy (non-hydrogen) atoms. The van der Waals surface area contributed by atoms with Crippen LogP contribution in [0.25, 0.3) is 0 Å². The number of benzene rings is 1. The summed E-state index contributed by atoms with van der Waals surface area (Å²) in [6, 6.07) is 8.28. The molecule has 2 N–H and O–H groups in total. The molecule has 3 nitrogen and oxygen atoms in total. The summed E-state index contributed by atoms with van der Waals surface area (Å²) in [7, 11) is 3.38. The molecule has 0 radical (unpaired) electrons. The smallest absolute Gasteiger partial charge is 0.170 e. The van der Waals surface area contributed by atoms with E-state index < -0.39 is 5.79 Å². The lowest BCUT2D eigenvalue weighted by Gasteiger charge is -2.53. The Balaban J connectivity index is 2.08. The summed E-state index contributed by atoms with van der Waals surface area (Å²) >= 11 is 5.30. The SMILES string of the molecule is COC1(OC)CC(CN)(Sc2cccc(Br)c2)C1. The van der Waals surface area contributed by atoms with E-state index in [1.807, 2.05) is 23.9 Å². The zero-order chi connectivity index (χ0) is 13.2. The molecule has 1 aliphatic rings. The van der Waals surface area contributed by atoms with Gasteiger partial charge in [0.25, 0.3) is 0 Å². The third kappa shape index (κ3) is 2.75. The van der Waals surface area contributed by atoms with Crippen LogP contribution < -0.4 is 5.73 Å². The van der Waals surface area contributed by atoms with Gasteiger partial charge in [-0.25, -0.2) is 0 Å². The van der Waals surface area contributed by atoms with Crippen LogP contribution in [0.15, 0.2) is 33.6 Å². The summed E-state index contributed by atoms with van der Waals surface area (Å²) in [5.41, 5.74) is 5.94. The number of ether oxygens (including phenoxy) is 2. The normalized spacial score (nSPS) is 20.4. The van der Waals surface area contributed by atoms with Gasteiger partial charge in [-0.3, -0.25) is 0 Å². The second-order valence-electron chi connectivity index (χ2n) is 4.62. The van der Waals surface area contributed by atoms with Crippen molar-refractivity contribution < 1.29 is 9.47 Å². The standard InChI is InChI=1S/C13H18BrNO2S/c1-16-13(17-2)7-12(8-13,9-15)18-11-5-3-4-10(14)6-11/h3-6H,7-9,15H2,1-2H3. The van der Waals surface area contributed by atoms with Crippen molar-refractivity contribution >= 4 is 27.7 Å². The van der Waals surface area contributed by atoms with Crippen molar-refractivity contribution in [1.82, 2.24) is 0 Å². The maximum Gasteiger partial charge on any atom is 0.170 e. The molecule has 1 aromatic carbocycles. The molecular weight excluding hydrogens is 314 g/mol. The number of methoxy groups -OCH3 is 2. The monoisotopic (exact) mass is 331 g/mol. The van der Waals surface area contributed by atoms with Crippen LogP contribution in [0.3, 0.4) is 0 Å². The Labute approximate surface area is 121 Å². The number of nitrogens with two attached hydrogens (primary N) is 1. The van der Waals surface area contributed by atoms with Gasteiger partial charge in [-0.05, 0) is 18.2 Å². The van der Waals surface area contributed by atoms with Crippen LogP contribution in [0, 0.1) is 0 Å². The van der Waals surface area contributed by atoms with Crippen molar-refractivity contribution in [2.75, 3.05) is 20.8 Å². The third-order valence-corrected chi connectivity index (χ3v) is 5.30. The van der Waals surface area contributed by atoms with Crippen LogP contribution in [0.5, 0.6) is 0 Å². The lowest BCUT2D eigenvalue weighted by atomic mass is 9.77. The minimum atomic E-state index is -0.446. The van der Waals surface area contributed by atoms with Gasteiger partial charge >= 0.3 is 0 Å². The zero-order valence-electron chi connectivity index (χ0n) is 10.6. The van der Waals surface area contributed by atoms with Gasteiger partial charge in [-0.1, -0.05) is 22.0 Å². The first-order valence-electron chi connectivity index (χ1n) is 5.82. The Bertz CT molecular complexity index is 415. The summed E-state index contributed by atoms with van der Waals surface area (Å²) < 4.78 is 12.0. The molecule has 0 heterocycles. The zero-order valence-corrected chi connectivity index (χ0v) is 13.0. The molecule has 0 atom stereocenters. The number of rotatable bonds is 5. The fourth-order valence-corrected chi connectivity index (χ4v) is 4.39. The van der Waals surface area contributed by atoms with E-state index in [0.717, 1.165) is 17.3 Å². The fourth-order valence-electron chi connectivity index (χ4n) is 2.34. The van der Waals surface area contributed by atoms with Gasteiger partial charge in [-0.2, -0.15) is 0 Å². The number of thioether (sulfide) groups is 1. The lowest BCUT2D eigenvalue weighted by molar-refractivity contribution is -0.260. The minimum Gasteiger partial charge on any atom is -0.353 e. The maximum atomic E-state index is 5.94. The van der Waals surface area contributed by atoms with E-state index in [1.165, 1.54) is 4.90 Å². The Morgan fingerprint density at radius 3 is 2.50 bits per heavy atom. The summed E-state index contributed by atoms with van der Waals surface area (Å²) in [6.45, 7) is 0.624. The topological polar surface area (TPSA) is 44.5 Å². The van der Waals surface area contributed by atoms with Crippen LogP contribution in [-0.4, -0.2) is 31.3 Å². The first kappa shape index (κ1) is 14.3. The minimum absolute atomic E-state index is 0.0206. The van der Waals surface area contributed by atoms with Crippen LogP contribution in [-0.2, 0) is 9.47 Å². The summed E-state index contributed by atoms with van der Waals surface area (Å²) in [5, 5.41) is 0. The second-order valence-corrected chi connectivity index (χ2v) is 7.08. The maximum absolute atomic E-state index is 5.94. The quantitative estimate of drug-likeness (QED) is 0.842. The summed E-state index contributed by atoms with van der Waals surface area (Å²) in [4.78, 5) is 1.22. The number of hydrogen-bond donors (Lipinski definition) is 1. The molecule has 0 bridgehead atoms. The van der Waals surface area contributed by atoms with E-state index in [4.69, 9.17) is 15.2 Å². The van der Waals surface area contributed by atoms with Crippen molar-refractivity contribution in [2.45, 2.75) is 28.3 Å². The Morgan fingerprint density at radius 2 is 2.00 bits per heavy atom. The van der Waals surface area contributed by atoms with Gasteiger partial charge in [0.05, 0.1) is 0 Å². The highest BCUT2D eigenvalue weighted by molar-refractivity contribution is 9.10. The van der Waals surface area contributed by atoms with E-state index in [9.17, 15) is 0 Å². The first-order chi connectivity index (χ1) is 8.57. The van der Waals surface area contributed by atoms with E-state index in [1.54, 1.807) is 14.2 Å². The van der Waals surface area contributed by atoms with E-state index in [0.29, 0.717) is 6.54 Å². The van der Waals surface area contributed by atoms with E-state index >= 15 is 0 Å². The summed E-state index contributed by atoms with van der Waals surface area (Å²) in [6.07, 6.45) is 1.64. The van der Waals surface area contributed by atoms with Crippen LogP contribution in [0.2, 0.25) is 0 Å². The van der Waals surface area contributed by atoms with Crippen LogP contribution >= 0.6 is 27.7 Å². The third-order valence-electron chi connectivity index (χ3n) is 3.43. The van der Waals surface area contributed by atoms with Crippen molar-refractivity contribution in [3.63, 3.8) is 0 Å². The Hall–Kier alpha value is -0.0700. The lowest BCUT2D eigenvalue weighted by Crippen LogP contribution is -2.60. The van der Waals surface area contributed by atoms with Gasteiger partial charge in [0.1, 0.15) is 0 Å². The second kappa shape index (κ2) is 5.51. The van der Waals surface area contributed by atoms with Crippen molar-refractivity contribution in [1.29, 1.82) is 0 Å². The average Bonchev–Trinajstić information content (AvgIpc) is 2.33. The Kier molecular flexibility index (Phi) is 4.39. The largest absolute Gasteiger partial charge is 0.353 e. The van der Waals surface area contributed by atoms with Crippen molar-refractivity contribution in [3.8, 4) is 0 Å². The molecule has 0 amide bonds. The average molecular weight is 332 g/mol. The molecule has 0 saturated heterocycles. The Morgan fingerprint density at radius 1 is 1.33 bits per heavy atom. The van der Waals surface area contributed by atoms with Gasteiger partial charge in [0, 0.05) is 47.7 Å². The molecule has 0 spiro atoms. The highest BCUT2D eigenvalue weighted by Crippen LogP contribution is 2.54. The van der Waals surface area contributed by atoms with Gasteiger partial charge < -0.3 is 15.2 Å². The van der Waals surface area contributed by atoms with Crippen LogP contribution in [0.1, 0.15) is 12.8 Å². The highest BCUT2D eigenvalue weighted by atomic mass is 79.9. The first-order valence-corrected chi connectivity index (χ1v) is 7.43. The predicted octanol–water partition coefficient (Wildman–Crippen LogP) is 3.02. The molecule has 2 rings (SSSR count). The summed E-state index contributed by atoms with van der Waals surface area (Å²) in [5.74, 6) is -0.446.